The Morgan fingerprint density at radius 3 is 2.81 bits per heavy atom. The van der Waals surface area contributed by atoms with Gasteiger partial charge in [0.05, 0.1) is 25.5 Å². The minimum atomic E-state index is -0.358. The van der Waals surface area contributed by atoms with Gasteiger partial charge in [-0.3, -0.25) is 4.68 Å². The molecule has 2 amide bonds. The summed E-state index contributed by atoms with van der Waals surface area (Å²) >= 11 is 0. The molecule has 0 fully saturated rings. The Balaban J connectivity index is 1.41. The lowest BCUT2D eigenvalue weighted by Crippen LogP contribution is -2.39. The summed E-state index contributed by atoms with van der Waals surface area (Å²) in [5, 5.41) is 7.31. The molecule has 2 aromatic carbocycles. The van der Waals surface area contributed by atoms with E-state index in [4.69, 9.17) is 4.74 Å². The van der Waals surface area contributed by atoms with Crippen LogP contribution in [0.2, 0.25) is 0 Å². The van der Waals surface area contributed by atoms with Crippen LogP contribution in [-0.4, -0.2) is 27.3 Å². The van der Waals surface area contributed by atoms with Gasteiger partial charge in [0.1, 0.15) is 11.6 Å². The van der Waals surface area contributed by atoms with E-state index in [1.54, 1.807) is 36.1 Å². The van der Waals surface area contributed by atoms with Crippen LogP contribution in [-0.2, 0) is 38.0 Å². The normalized spacial score (nSPS) is 13.2. The number of anilines is 1. The largest absolute Gasteiger partial charge is 0.370 e. The zero-order valence-corrected chi connectivity index (χ0v) is 17.5. The number of urea groups is 1. The number of carbonyl (C=O) groups excluding carboxylic acids is 1. The number of benzene rings is 2. The van der Waals surface area contributed by atoms with Gasteiger partial charge in [-0.15, -0.1) is 0 Å². The molecule has 31 heavy (non-hydrogen) atoms. The number of ether oxygens (including phenoxy) is 1. The van der Waals surface area contributed by atoms with Gasteiger partial charge in [-0.1, -0.05) is 18.2 Å². The zero-order valence-electron chi connectivity index (χ0n) is 17.5. The molecule has 0 saturated carbocycles. The van der Waals surface area contributed by atoms with Crippen LogP contribution in [0.1, 0.15) is 28.1 Å². The minimum Gasteiger partial charge on any atom is -0.370 e. The topological polar surface area (TPSA) is 59.4 Å². The summed E-state index contributed by atoms with van der Waals surface area (Å²) in [6.45, 7) is 3.14. The molecule has 1 aliphatic heterocycles. The van der Waals surface area contributed by atoms with Crippen molar-refractivity contribution in [2.24, 2.45) is 7.05 Å². The summed E-state index contributed by atoms with van der Waals surface area (Å²) in [7, 11) is 1.87. The summed E-state index contributed by atoms with van der Waals surface area (Å²) in [6, 6.07) is 10.6. The molecule has 1 aromatic heterocycles. The molecule has 4 rings (SSSR count). The van der Waals surface area contributed by atoms with Gasteiger partial charge in [-0.05, 0) is 42.3 Å². The maximum atomic E-state index is 13.8. The first-order valence-corrected chi connectivity index (χ1v) is 10.1. The lowest BCUT2D eigenvalue weighted by Gasteiger charge is -2.28. The molecule has 2 heterocycles. The van der Waals surface area contributed by atoms with Crippen LogP contribution in [0, 0.1) is 18.6 Å². The van der Waals surface area contributed by atoms with Crippen LogP contribution < -0.4 is 5.32 Å². The van der Waals surface area contributed by atoms with E-state index in [1.807, 2.05) is 11.7 Å². The van der Waals surface area contributed by atoms with Crippen molar-refractivity contribution in [2.45, 2.75) is 33.1 Å². The van der Waals surface area contributed by atoms with Crippen LogP contribution in [0.15, 0.2) is 42.5 Å². The second kappa shape index (κ2) is 8.85. The van der Waals surface area contributed by atoms with Crippen molar-refractivity contribution < 1.29 is 18.3 Å². The number of hydrogen-bond donors (Lipinski definition) is 1. The molecule has 0 aliphatic carbocycles. The lowest BCUT2D eigenvalue weighted by molar-refractivity contribution is 0.103. The molecule has 0 bridgehead atoms. The fraction of sp³-hybridized carbons (Fsp3) is 0.304. The Morgan fingerprint density at radius 2 is 2.03 bits per heavy atom. The highest BCUT2D eigenvalue weighted by molar-refractivity contribution is 5.89. The van der Waals surface area contributed by atoms with Crippen molar-refractivity contribution in [1.29, 1.82) is 0 Å². The fourth-order valence-corrected chi connectivity index (χ4v) is 3.72. The number of aromatic nitrogens is 2. The molecular formula is C23H24F2N4O2. The maximum absolute atomic E-state index is 13.8. The molecule has 0 atom stereocenters. The quantitative estimate of drug-likeness (QED) is 0.661. The number of nitrogens with zero attached hydrogens (tertiary/aromatic N) is 3. The van der Waals surface area contributed by atoms with Gasteiger partial charge in [0.2, 0.25) is 0 Å². The second-order valence-corrected chi connectivity index (χ2v) is 7.68. The summed E-state index contributed by atoms with van der Waals surface area (Å²) in [6.07, 6.45) is 0.665. The third-order valence-corrected chi connectivity index (χ3v) is 5.43. The Hall–Kier alpha value is -3.26. The lowest BCUT2D eigenvalue weighted by atomic mass is 10.1. The van der Waals surface area contributed by atoms with Crippen LogP contribution in [0.3, 0.4) is 0 Å². The van der Waals surface area contributed by atoms with Crippen LogP contribution >= 0.6 is 0 Å². The van der Waals surface area contributed by atoms with E-state index in [1.165, 1.54) is 18.2 Å². The predicted molar refractivity (Wildman–Crippen MR) is 112 cm³/mol. The molecule has 0 unspecified atom stereocenters. The van der Waals surface area contributed by atoms with Gasteiger partial charge in [0, 0.05) is 37.0 Å². The number of halogens is 2. The smallest absolute Gasteiger partial charge is 0.322 e. The van der Waals surface area contributed by atoms with E-state index in [9.17, 15) is 13.6 Å². The number of amides is 2. The number of rotatable bonds is 5. The number of hydrogen-bond acceptors (Lipinski definition) is 3. The number of aryl methyl sites for hydroxylation is 2. The molecule has 3 aromatic rings. The van der Waals surface area contributed by atoms with Gasteiger partial charge < -0.3 is 15.0 Å². The molecule has 0 saturated heterocycles. The van der Waals surface area contributed by atoms with Crippen LogP contribution in [0.25, 0.3) is 0 Å². The molecule has 1 N–H and O–H groups in total. The van der Waals surface area contributed by atoms with Crippen molar-refractivity contribution in [1.82, 2.24) is 14.7 Å². The van der Waals surface area contributed by atoms with Gasteiger partial charge in [0.25, 0.3) is 0 Å². The van der Waals surface area contributed by atoms with Crippen molar-refractivity contribution >= 4 is 11.7 Å². The Bertz CT molecular complexity index is 1110. The molecule has 1 aliphatic rings. The molecule has 0 spiro atoms. The monoisotopic (exact) mass is 426 g/mol. The molecular weight excluding hydrogens is 402 g/mol. The van der Waals surface area contributed by atoms with Gasteiger partial charge in [-0.25, -0.2) is 13.6 Å². The first-order chi connectivity index (χ1) is 14.9. The third kappa shape index (κ3) is 4.74. The molecule has 8 heteroatoms. The molecule has 0 radical (unpaired) electrons. The Kier molecular flexibility index (Phi) is 5.99. The van der Waals surface area contributed by atoms with Gasteiger partial charge in [-0.2, -0.15) is 5.10 Å². The average Bonchev–Trinajstić information content (AvgIpc) is 3.06. The highest BCUT2D eigenvalue weighted by atomic mass is 19.1. The zero-order chi connectivity index (χ0) is 22.0. The van der Waals surface area contributed by atoms with Crippen molar-refractivity contribution in [3.8, 4) is 0 Å². The second-order valence-electron chi connectivity index (χ2n) is 7.68. The van der Waals surface area contributed by atoms with E-state index in [0.29, 0.717) is 30.8 Å². The standard InChI is InChI=1S/C23H24F2N4O2/c1-15-6-7-18(11-20(15)25)26-23(30)29-9-8-22-19(12-29)21(27-28(22)2)14-31-13-16-4-3-5-17(24)10-16/h3-7,10-11H,8-9,12-14H2,1-2H3,(H,26,30). The number of nitrogens with one attached hydrogen (secondary N) is 1. The van der Waals surface area contributed by atoms with Crippen molar-refractivity contribution in [3.05, 3.63) is 82.2 Å². The van der Waals surface area contributed by atoms with Gasteiger partial charge >= 0.3 is 6.03 Å². The van der Waals surface area contributed by atoms with E-state index in [-0.39, 0.29) is 30.9 Å². The Morgan fingerprint density at radius 1 is 1.19 bits per heavy atom. The van der Waals surface area contributed by atoms with E-state index in [0.717, 1.165) is 22.5 Å². The maximum Gasteiger partial charge on any atom is 0.322 e. The molecule has 162 valence electrons. The molecule has 6 nitrogen and oxygen atoms in total. The van der Waals surface area contributed by atoms with E-state index >= 15 is 0 Å². The average molecular weight is 426 g/mol. The van der Waals surface area contributed by atoms with Crippen LogP contribution in [0.4, 0.5) is 19.3 Å². The number of carbonyl (C=O) groups is 1. The SMILES string of the molecule is Cc1ccc(NC(=O)N2CCc3c(c(COCc4cccc(F)c4)nn3C)C2)cc1F. The summed E-state index contributed by atoms with van der Waals surface area (Å²) < 4.78 is 34.7. The number of fused-ring (bicyclic) bond motifs is 1. The summed E-state index contributed by atoms with van der Waals surface area (Å²) in [5.74, 6) is -0.657. The fourth-order valence-electron chi connectivity index (χ4n) is 3.72. The summed E-state index contributed by atoms with van der Waals surface area (Å²) in [5.41, 5.74) is 4.47. The van der Waals surface area contributed by atoms with Gasteiger partial charge in [0.15, 0.2) is 0 Å². The van der Waals surface area contributed by atoms with Crippen molar-refractivity contribution in [2.75, 3.05) is 11.9 Å². The third-order valence-electron chi connectivity index (χ3n) is 5.43. The van der Waals surface area contributed by atoms with E-state index in [2.05, 4.69) is 10.4 Å². The predicted octanol–water partition coefficient (Wildman–Crippen LogP) is 4.31. The van der Waals surface area contributed by atoms with Crippen molar-refractivity contribution in [3.63, 3.8) is 0 Å². The first kappa shape index (κ1) is 21.0. The highest BCUT2D eigenvalue weighted by Gasteiger charge is 2.26. The minimum absolute atomic E-state index is 0.262. The van der Waals surface area contributed by atoms with E-state index < -0.39 is 0 Å². The summed E-state index contributed by atoms with van der Waals surface area (Å²) in [4.78, 5) is 14.4. The first-order valence-electron chi connectivity index (χ1n) is 10.1. The van der Waals surface area contributed by atoms with Crippen LogP contribution in [0.5, 0.6) is 0 Å². The highest BCUT2D eigenvalue weighted by Crippen LogP contribution is 2.24. The Labute approximate surface area is 179 Å².